The SMILES string of the molecule is CS(=O)(=O)Nc1cc(NS(C)(=O)=O)cc(N2CCN(c3ccccc3)CC2CCC(N)=O)c1. The molecule has 3 rings (SSSR count). The van der Waals surface area contributed by atoms with Crippen LogP contribution in [0.2, 0.25) is 0 Å². The van der Waals surface area contributed by atoms with Crippen LogP contribution in [0.1, 0.15) is 12.8 Å². The zero-order chi connectivity index (χ0) is 24.2. The number of anilines is 4. The summed E-state index contributed by atoms with van der Waals surface area (Å²) in [5.41, 5.74) is 7.57. The van der Waals surface area contributed by atoms with Crippen LogP contribution in [0.25, 0.3) is 0 Å². The van der Waals surface area contributed by atoms with Crippen LogP contribution in [0.5, 0.6) is 0 Å². The molecule has 12 heteroatoms. The molecule has 33 heavy (non-hydrogen) atoms. The standard InChI is InChI=1S/C21H29N5O5S2/c1-32(28,29)23-16-12-17(24-33(2,30)31)14-20(13-16)26-11-10-25(18-6-4-3-5-7-18)15-19(26)8-9-21(22)27/h3-7,12-14,19,23-24H,8-11,15H2,1-2H3,(H2,22,27). The smallest absolute Gasteiger partial charge is 0.229 e. The van der Waals surface area contributed by atoms with E-state index in [1.54, 1.807) is 12.1 Å². The zero-order valence-electron chi connectivity index (χ0n) is 18.6. The monoisotopic (exact) mass is 495 g/mol. The van der Waals surface area contributed by atoms with Crippen LogP contribution in [0.15, 0.2) is 48.5 Å². The normalized spacial score (nSPS) is 17.0. The molecular weight excluding hydrogens is 466 g/mol. The molecule has 1 unspecified atom stereocenters. The Bertz CT molecular complexity index is 1150. The highest BCUT2D eigenvalue weighted by Crippen LogP contribution is 2.31. The minimum Gasteiger partial charge on any atom is -0.370 e. The number of nitrogens with one attached hydrogen (secondary N) is 2. The molecule has 0 bridgehead atoms. The summed E-state index contributed by atoms with van der Waals surface area (Å²) in [5.74, 6) is -0.404. The summed E-state index contributed by atoms with van der Waals surface area (Å²) in [6.45, 7) is 1.89. The lowest BCUT2D eigenvalue weighted by atomic mass is 10.0. The summed E-state index contributed by atoms with van der Waals surface area (Å²) in [6.07, 6.45) is 2.74. The molecule has 0 saturated carbocycles. The molecule has 1 heterocycles. The second-order valence-corrected chi connectivity index (χ2v) is 11.6. The third-order valence-electron chi connectivity index (χ3n) is 5.18. The number of rotatable bonds is 9. The van der Waals surface area contributed by atoms with E-state index in [4.69, 9.17) is 5.73 Å². The second-order valence-electron chi connectivity index (χ2n) is 8.15. The number of hydrogen-bond donors (Lipinski definition) is 3. The Morgan fingerprint density at radius 2 is 1.52 bits per heavy atom. The molecule has 1 fully saturated rings. The third-order valence-corrected chi connectivity index (χ3v) is 6.40. The molecule has 0 aliphatic carbocycles. The molecule has 0 radical (unpaired) electrons. The Hall–Kier alpha value is -2.99. The van der Waals surface area contributed by atoms with Crippen LogP contribution in [0, 0.1) is 0 Å². The summed E-state index contributed by atoms with van der Waals surface area (Å²) in [4.78, 5) is 15.8. The Morgan fingerprint density at radius 1 is 0.939 bits per heavy atom. The first-order chi connectivity index (χ1) is 15.4. The van der Waals surface area contributed by atoms with Gasteiger partial charge in [-0.15, -0.1) is 0 Å². The van der Waals surface area contributed by atoms with Gasteiger partial charge in [0.1, 0.15) is 0 Å². The van der Waals surface area contributed by atoms with Crippen molar-refractivity contribution in [2.45, 2.75) is 18.9 Å². The molecular formula is C21H29N5O5S2. The summed E-state index contributed by atoms with van der Waals surface area (Å²) in [7, 11) is -7.16. The van der Waals surface area contributed by atoms with Crippen molar-refractivity contribution >= 4 is 48.7 Å². The number of amides is 1. The average molecular weight is 496 g/mol. The molecule has 0 aromatic heterocycles. The minimum atomic E-state index is -3.58. The van der Waals surface area contributed by atoms with Crippen molar-refractivity contribution < 1.29 is 21.6 Å². The molecule has 1 aliphatic heterocycles. The van der Waals surface area contributed by atoms with Crippen LogP contribution in [0.3, 0.4) is 0 Å². The second kappa shape index (κ2) is 9.87. The highest BCUT2D eigenvalue weighted by Gasteiger charge is 2.28. The lowest BCUT2D eigenvalue weighted by Gasteiger charge is -2.44. The number of carbonyl (C=O) groups is 1. The molecule has 2 aromatic carbocycles. The van der Waals surface area contributed by atoms with Crippen LogP contribution in [-0.4, -0.2) is 60.9 Å². The number of nitrogens with two attached hydrogens (primary N) is 1. The van der Waals surface area contributed by atoms with Crippen molar-refractivity contribution in [3.05, 3.63) is 48.5 Å². The van der Waals surface area contributed by atoms with Gasteiger partial charge in [-0.3, -0.25) is 14.2 Å². The zero-order valence-corrected chi connectivity index (χ0v) is 20.2. The fraction of sp³-hybridized carbons (Fsp3) is 0.381. The molecule has 2 aromatic rings. The Balaban J connectivity index is 1.96. The summed E-state index contributed by atoms with van der Waals surface area (Å²) < 4.78 is 52.0. The van der Waals surface area contributed by atoms with Gasteiger partial charge in [-0.2, -0.15) is 0 Å². The maximum absolute atomic E-state index is 11.8. The predicted octanol–water partition coefficient (Wildman–Crippen LogP) is 1.39. The van der Waals surface area contributed by atoms with Gasteiger partial charge in [-0.05, 0) is 36.8 Å². The van der Waals surface area contributed by atoms with Gasteiger partial charge in [0, 0.05) is 43.5 Å². The van der Waals surface area contributed by atoms with Crippen molar-refractivity contribution in [3.63, 3.8) is 0 Å². The summed E-state index contributed by atoms with van der Waals surface area (Å²) >= 11 is 0. The molecule has 1 amide bonds. The van der Waals surface area contributed by atoms with Crippen LogP contribution >= 0.6 is 0 Å². The highest BCUT2D eigenvalue weighted by atomic mass is 32.2. The van der Waals surface area contributed by atoms with Crippen molar-refractivity contribution in [1.82, 2.24) is 0 Å². The van der Waals surface area contributed by atoms with Crippen LogP contribution in [-0.2, 0) is 24.8 Å². The quantitative estimate of drug-likeness (QED) is 0.477. The third kappa shape index (κ3) is 7.53. The fourth-order valence-corrected chi connectivity index (χ4v) is 5.04. The average Bonchev–Trinajstić information content (AvgIpc) is 2.70. The predicted molar refractivity (Wildman–Crippen MR) is 132 cm³/mol. The Labute approximate surface area is 194 Å². The van der Waals surface area contributed by atoms with E-state index in [0.717, 1.165) is 18.2 Å². The van der Waals surface area contributed by atoms with E-state index in [1.165, 1.54) is 6.07 Å². The van der Waals surface area contributed by atoms with Crippen molar-refractivity contribution in [2.24, 2.45) is 5.73 Å². The van der Waals surface area contributed by atoms with Gasteiger partial charge < -0.3 is 15.5 Å². The van der Waals surface area contributed by atoms with E-state index in [1.807, 2.05) is 30.3 Å². The Kier molecular flexibility index (Phi) is 7.38. The molecule has 10 nitrogen and oxygen atoms in total. The topological polar surface area (TPSA) is 142 Å². The summed E-state index contributed by atoms with van der Waals surface area (Å²) in [6, 6.07) is 14.5. The van der Waals surface area contributed by atoms with Crippen molar-refractivity contribution in [2.75, 3.05) is 51.4 Å². The number of carbonyl (C=O) groups excluding carboxylic acids is 1. The minimum absolute atomic E-state index is 0.106. The molecule has 1 aliphatic rings. The molecule has 4 N–H and O–H groups in total. The maximum atomic E-state index is 11.8. The van der Waals surface area contributed by atoms with E-state index in [2.05, 4.69) is 19.2 Å². The largest absolute Gasteiger partial charge is 0.370 e. The van der Waals surface area contributed by atoms with E-state index in [0.29, 0.717) is 31.7 Å². The van der Waals surface area contributed by atoms with E-state index in [9.17, 15) is 21.6 Å². The number of nitrogens with zero attached hydrogens (tertiary/aromatic N) is 2. The first kappa shape index (κ1) is 24.6. The number of primary amides is 1. The highest BCUT2D eigenvalue weighted by molar-refractivity contribution is 7.92. The van der Waals surface area contributed by atoms with Gasteiger partial charge in [-0.1, -0.05) is 18.2 Å². The van der Waals surface area contributed by atoms with Gasteiger partial charge in [0.25, 0.3) is 0 Å². The van der Waals surface area contributed by atoms with Crippen LogP contribution < -0.4 is 25.0 Å². The fourth-order valence-electron chi connectivity index (χ4n) is 3.95. The first-order valence-corrected chi connectivity index (χ1v) is 14.1. The molecule has 1 saturated heterocycles. The maximum Gasteiger partial charge on any atom is 0.229 e. The van der Waals surface area contributed by atoms with E-state index in [-0.39, 0.29) is 23.8 Å². The van der Waals surface area contributed by atoms with E-state index < -0.39 is 26.0 Å². The summed E-state index contributed by atoms with van der Waals surface area (Å²) in [5, 5.41) is 0. The molecule has 180 valence electrons. The molecule has 1 atom stereocenters. The van der Waals surface area contributed by atoms with Gasteiger partial charge in [0.15, 0.2) is 0 Å². The van der Waals surface area contributed by atoms with Crippen molar-refractivity contribution in [1.29, 1.82) is 0 Å². The van der Waals surface area contributed by atoms with Gasteiger partial charge >= 0.3 is 0 Å². The number of hydrogen-bond acceptors (Lipinski definition) is 7. The number of benzene rings is 2. The number of sulfonamides is 2. The van der Waals surface area contributed by atoms with E-state index >= 15 is 0 Å². The Morgan fingerprint density at radius 3 is 2.03 bits per heavy atom. The van der Waals surface area contributed by atoms with Crippen LogP contribution in [0.4, 0.5) is 22.7 Å². The van der Waals surface area contributed by atoms with Gasteiger partial charge in [0.2, 0.25) is 26.0 Å². The molecule has 0 spiro atoms. The van der Waals surface area contributed by atoms with Gasteiger partial charge in [0.05, 0.1) is 23.9 Å². The first-order valence-electron chi connectivity index (χ1n) is 10.4. The number of piperazine rings is 1. The van der Waals surface area contributed by atoms with Crippen molar-refractivity contribution in [3.8, 4) is 0 Å². The number of para-hydroxylation sites is 1. The van der Waals surface area contributed by atoms with Gasteiger partial charge in [-0.25, -0.2) is 16.8 Å². The lowest BCUT2D eigenvalue weighted by Crippen LogP contribution is -2.53. The lowest BCUT2D eigenvalue weighted by molar-refractivity contribution is -0.118.